The summed E-state index contributed by atoms with van der Waals surface area (Å²) >= 11 is 1.67. The summed E-state index contributed by atoms with van der Waals surface area (Å²) in [6.45, 7) is 3.21. The fourth-order valence-electron chi connectivity index (χ4n) is 3.22. The maximum atomic E-state index is 13.3. The van der Waals surface area contributed by atoms with Crippen LogP contribution in [0.3, 0.4) is 0 Å². The molecule has 2 heterocycles. The van der Waals surface area contributed by atoms with Gasteiger partial charge in [-0.25, -0.2) is 4.39 Å². The summed E-state index contributed by atoms with van der Waals surface area (Å²) in [5.74, 6) is 1.61. The van der Waals surface area contributed by atoms with Gasteiger partial charge >= 0.3 is 0 Å². The molecule has 0 bridgehead atoms. The van der Waals surface area contributed by atoms with Crippen molar-refractivity contribution in [3.63, 3.8) is 0 Å². The maximum absolute atomic E-state index is 13.3. The molecule has 0 amide bonds. The molecule has 7 heteroatoms. The normalized spacial score (nSPS) is 15.5. The van der Waals surface area contributed by atoms with Crippen molar-refractivity contribution in [2.24, 2.45) is 0 Å². The number of hydrogen-bond acceptors (Lipinski definition) is 5. The predicted molar refractivity (Wildman–Crippen MR) is 102 cm³/mol. The third-order valence-electron chi connectivity index (χ3n) is 4.63. The van der Waals surface area contributed by atoms with E-state index in [4.69, 9.17) is 5.11 Å². The van der Waals surface area contributed by atoms with Crippen LogP contribution in [-0.4, -0.2) is 50.2 Å². The standard InChI is InChI=1S/C19H27FN4OS/c20-16-7-9-17(10-8-16)24-18(15-23-11-3-1-4-12-23)21-22-19(24)26-14-6-2-5-13-25/h7-10,25H,1-6,11-15H2. The van der Waals surface area contributed by atoms with Gasteiger partial charge in [-0.2, -0.15) is 0 Å². The molecule has 1 fully saturated rings. The zero-order chi connectivity index (χ0) is 18.2. The molecular weight excluding hydrogens is 351 g/mol. The Morgan fingerprint density at radius 2 is 1.77 bits per heavy atom. The minimum atomic E-state index is -0.238. The van der Waals surface area contributed by atoms with Crippen LogP contribution in [-0.2, 0) is 6.54 Å². The zero-order valence-electron chi connectivity index (χ0n) is 15.1. The van der Waals surface area contributed by atoms with Gasteiger partial charge < -0.3 is 5.11 Å². The van der Waals surface area contributed by atoms with Crippen molar-refractivity contribution >= 4 is 11.8 Å². The van der Waals surface area contributed by atoms with E-state index in [0.29, 0.717) is 0 Å². The second-order valence-electron chi connectivity index (χ2n) is 6.68. The number of rotatable bonds is 9. The highest BCUT2D eigenvalue weighted by Gasteiger charge is 2.18. The van der Waals surface area contributed by atoms with Crippen molar-refractivity contribution in [2.45, 2.75) is 50.2 Å². The van der Waals surface area contributed by atoms with Crippen LogP contribution in [0, 0.1) is 5.82 Å². The summed E-state index contributed by atoms with van der Waals surface area (Å²) in [6.07, 6.45) is 6.65. The van der Waals surface area contributed by atoms with Gasteiger partial charge in [0.15, 0.2) is 11.0 Å². The summed E-state index contributed by atoms with van der Waals surface area (Å²) in [5, 5.41) is 18.6. The van der Waals surface area contributed by atoms with Crippen molar-refractivity contribution in [1.29, 1.82) is 0 Å². The van der Waals surface area contributed by atoms with Crippen LogP contribution in [0.5, 0.6) is 0 Å². The number of aliphatic hydroxyl groups is 1. The minimum Gasteiger partial charge on any atom is -0.396 e. The Labute approximate surface area is 158 Å². The molecule has 2 aromatic rings. The Morgan fingerprint density at radius 1 is 1.00 bits per heavy atom. The molecule has 0 radical (unpaired) electrons. The lowest BCUT2D eigenvalue weighted by Gasteiger charge is -2.26. The van der Waals surface area contributed by atoms with E-state index in [9.17, 15) is 4.39 Å². The SMILES string of the molecule is OCCCCCSc1nnc(CN2CCCCC2)n1-c1ccc(F)cc1. The quantitative estimate of drug-likeness (QED) is 0.533. The largest absolute Gasteiger partial charge is 0.396 e. The van der Waals surface area contributed by atoms with Gasteiger partial charge in [-0.3, -0.25) is 9.47 Å². The molecule has 1 aliphatic heterocycles. The lowest BCUT2D eigenvalue weighted by molar-refractivity contribution is 0.214. The lowest BCUT2D eigenvalue weighted by Crippen LogP contribution is -2.30. The maximum Gasteiger partial charge on any atom is 0.195 e. The Bertz CT molecular complexity index is 671. The number of aliphatic hydroxyl groups excluding tert-OH is 1. The summed E-state index contributed by atoms with van der Waals surface area (Å²) in [6, 6.07) is 6.54. The van der Waals surface area contributed by atoms with Crippen molar-refractivity contribution in [3.8, 4) is 5.69 Å². The molecule has 0 saturated carbocycles. The Morgan fingerprint density at radius 3 is 2.50 bits per heavy atom. The summed E-state index contributed by atoms with van der Waals surface area (Å²) in [5.41, 5.74) is 0.904. The van der Waals surface area contributed by atoms with Gasteiger partial charge in [-0.1, -0.05) is 24.6 Å². The zero-order valence-corrected chi connectivity index (χ0v) is 15.9. The smallest absolute Gasteiger partial charge is 0.195 e. The van der Waals surface area contributed by atoms with E-state index in [0.717, 1.165) is 61.3 Å². The van der Waals surface area contributed by atoms with Gasteiger partial charge in [0.2, 0.25) is 0 Å². The fourth-order valence-corrected chi connectivity index (χ4v) is 4.19. The van der Waals surface area contributed by atoms with Crippen LogP contribution >= 0.6 is 11.8 Å². The van der Waals surface area contributed by atoms with Crippen LogP contribution in [0.15, 0.2) is 29.4 Å². The highest BCUT2D eigenvalue weighted by atomic mass is 32.2. The molecule has 3 rings (SSSR count). The first-order chi connectivity index (χ1) is 12.8. The van der Waals surface area contributed by atoms with Crippen LogP contribution in [0.25, 0.3) is 5.69 Å². The van der Waals surface area contributed by atoms with E-state index in [1.807, 2.05) is 0 Å². The van der Waals surface area contributed by atoms with E-state index in [1.165, 1.54) is 31.4 Å². The molecule has 5 nitrogen and oxygen atoms in total. The van der Waals surface area contributed by atoms with Crippen LogP contribution < -0.4 is 0 Å². The second-order valence-corrected chi connectivity index (χ2v) is 7.74. The number of hydrogen-bond donors (Lipinski definition) is 1. The first kappa shape index (κ1) is 19.3. The Balaban J connectivity index is 1.75. The molecule has 142 valence electrons. The fraction of sp³-hybridized carbons (Fsp3) is 0.579. The Hall–Kier alpha value is -1.44. The third kappa shape index (κ3) is 5.28. The average molecular weight is 379 g/mol. The predicted octanol–water partition coefficient (Wildman–Crippen LogP) is 3.65. The van der Waals surface area contributed by atoms with E-state index >= 15 is 0 Å². The van der Waals surface area contributed by atoms with E-state index < -0.39 is 0 Å². The van der Waals surface area contributed by atoms with Gasteiger partial charge in [-0.15, -0.1) is 10.2 Å². The summed E-state index contributed by atoms with van der Waals surface area (Å²) in [4.78, 5) is 2.42. The molecule has 1 N–H and O–H groups in total. The molecule has 1 saturated heterocycles. The second kappa shape index (κ2) is 10.0. The van der Waals surface area contributed by atoms with Crippen molar-refractivity contribution in [2.75, 3.05) is 25.4 Å². The first-order valence-corrected chi connectivity index (χ1v) is 10.4. The molecule has 1 aromatic carbocycles. The monoisotopic (exact) mass is 378 g/mol. The van der Waals surface area contributed by atoms with Crippen molar-refractivity contribution in [3.05, 3.63) is 35.9 Å². The van der Waals surface area contributed by atoms with Crippen molar-refractivity contribution < 1.29 is 9.50 Å². The topological polar surface area (TPSA) is 54.2 Å². The highest BCUT2D eigenvalue weighted by Crippen LogP contribution is 2.25. The third-order valence-corrected chi connectivity index (χ3v) is 5.65. The number of nitrogens with zero attached hydrogens (tertiary/aromatic N) is 4. The van der Waals surface area contributed by atoms with E-state index in [1.54, 1.807) is 23.9 Å². The molecule has 0 unspecified atom stereocenters. The number of benzene rings is 1. The lowest BCUT2D eigenvalue weighted by atomic mass is 10.1. The summed E-state index contributed by atoms with van der Waals surface area (Å²) < 4.78 is 15.4. The van der Waals surface area contributed by atoms with Crippen LogP contribution in [0.2, 0.25) is 0 Å². The minimum absolute atomic E-state index is 0.238. The van der Waals surface area contributed by atoms with E-state index in [-0.39, 0.29) is 12.4 Å². The van der Waals surface area contributed by atoms with E-state index in [2.05, 4.69) is 19.7 Å². The molecule has 1 aromatic heterocycles. The van der Waals surface area contributed by atoms with Gasteiger partial charge in [-0.05, 0) is 63.0 Å². The average Bonchev–Trinajstić information content (AvgIpc) is 3.05. The molecule has 0 aliphatic carbocycles. The Kier molecular flexibility index (Phi) is 7.46. The first-order valence-electron chi connectivity index (χ1n) is 9.44. The van der Waals surface area contributed by atoms with Crippen molar-refractivity contribution in [1.82, 2.24) is 19.7 Å². The molecule has 1 aliphatic rings. The van der Waals surface area contributed by atoms with Crippen LogP contribution in [0.4, 0.5) is 4.39 Å². The summed E-state index contributed by atoms with van der Waals surface area (Å²) in [7, 11) is 0. The number of piperidine rings is 1. The molecular formula is C19H27FN4OS. The number of aromatic nitrogens is 3. The van der Waals surface area contributed by atoms with Gasteiger partial charge in [0.05, 0.1) is 6.54 Å². The number of halogens is 1. The molecule has 0 spiro atoms. The number of unbranched alkanes of at least 4 members (excludes halogenated alkanes) is 2. The van der Waals surface area contributed by atoms with Gasteiger partial charge in [0.1, 0.15) is 5.82 Å². The van der Waals surface area contributed by atoms with Gasteiger partial charge in [0, 0.05) is 18.0 Å². The van der Waals surface area contributed by atoms with Gasteiger partial charge in [0.25, 0.3) is 0 Å². The highest BCUT2D eigenvalue weighted by molar-refractivity contribution is 7.99. The molecule has 0 atom stereocenters. The molecule has 26 heavy (non-hydrogen) atoms. The number of likely N-dealkylation sites (tertiary alicyclic amines) is 1. The van der Waals surface area contributed by atoms with Crippen LogP contribution in [0.1, 0.15) is 44.3 Å². The number of thioether (sulfide) groups is 1.